The third-order valence-corrected chi connectivity index (χ3v) is 5.13. The molecule has 21 heavy (non-hydrogen) atoms. The molecular formula is C16H13Br2NO2. The number of hydrogen-bond donors (Lipinski definition) is 1. The van der Waals surface area contributed by atoms with Gasteiger partial charge in [0.05, 0.1) is 0 Å². The van der Waals surface area contributed by atoms with E-state index in [9.17, 15) is 9.59 Å². The zero-order valence-electron chi connectivity index (χ0n) is 11.1. The lowest BCUT2D eigenvalue weighted by atomic mass is 10.0. The summed E-state index contributed by atoms with van der Waals surface area (Å²) in [4.78, 5) is 23.7. The van der Waals surface area contributed by atoms with Crippen LogP contribution in [0.3, 0.4) is 0 Å². The first-order valence-corrected chi connectivity index (χ1v) is 8.36. The molecule has 1 unspecified atom stereocenters. The molecule has 0 fully saturated rings. The predicted octanol–water partition coefficient (Wildman–Crippen LogP) is 4.01. The van der Waals surface area contributed by atoms with E-state index in [-0.39, 0.29) is 16.5 Å². The number of carbonyl (C=O) groups is 2. The Morgan fingerprint density at radius 1 is 0.952 bits per heavy atom. The first-order chi connectivity index (χ1) is 10.1. The third-order valence-electron chi connectivity index (χ3n) is 2.87. The van der Waals surface area contributed by atoms with Gasteiger partial charge in [0.25, 0.3) is 0 Å². The van der Waals surface area contributed by atoms with Crippen LogP contribution in [0.25, 0.3) is 0 Å². The minimum Gasteiger partial charge on any atom is -0.325 e. The van der Waals surface area contributed by atoms with Crippen molar-refractivity contribution in [2.24, 2.45) is 0 Å². The fourth-order valence-electron chi connectivity index (χ4n) is 1.75. The van der Waals surface area contributed by atoms with Crippen molar-refractivity contribution in [2.75, 3.05) is 10.6 Å². The van der Waals surface area contributed by atoms with Gasteiger partial charge in [-0.2, -0.15) is 0 Å². The Bertz CT molecular complexity index is 626. The molecule has 1 N–H and O–H groups in total. The second-order valence-corrected chi connectivity index (χ2v) is 6.14. The molecule has 0 aliphatic carbocycles. The summed E-state index contributed by atoms with van der Waals surface area (Å²) in [6.07, 6.45) is 0. The number of carbonyl (C=O) groups excluding carboxylic acids is 2. The number of ketones is 1. The molecular weight excluding hydrogens is 398 g/mol. The second kappa shape index (κ2) is 7.52. The minimum atomic E-state index is -0.289. The van der Waals surface area contributed by atoms with Gasteiger partial charge in [-0.25, -0.2) is 0 Å². The van der Waals surface area contributed by atoms with Crippen LogP contribution in [0.5, 0.6) is 0 Å². The number of halogens is 2. The van der Waals surface area contributed by atoms with E-state index in [2.05, 4.69) is 37.2 Å². The Kier molecular flexibility index (Phi) is 5.70. The first-order valence-electron chi connectivity index (χ1n) is 6.32. The average Bonchev–Trinajstić information content (AvgIpc) is 2.55. The highest BCUT2D eigenvalue weighted by molar-refractivity contribution is 9.12. The van der Waals surface area contributed by atoms with Gasteiger partial charge in [-0.3, -0.25) is 9.59 Å². The van der Waals surface area contributed by atoms with Crippen LogP contribution in [0.15, 0.2) is 54.6 Å². The van der Waals surface area contributed by atoms with Crippen LogP contribution < -0.4 is 5.32 Å². The lowest BCUT2D eigenvalue weighted by Gasteiger charge is -2.08. The molecule has 2 rings (SSSR count). The van der Waals surface area contributed by atoms with Crippen molar-refractivity contribution in [3.8, 4) is 0 Å². The Balaban J connectivity index is 2.09. The summed E-state index contributed by atoms with van der Waals surface area (Å²) in [5, 5.41) is 3.30. The lowest BCUT2D eigenvalue weighted by Crippen LogP contribution is -2.23. The Morgan fingerprint density at radius 2 is 1.52 bits per heavy atom. The van der Waals surface area contributed by atoms with Gasteiger partial charge in [0.2, 0.25) is 5.91 Å². The van der Waals surface area contributed by atoms with Crippen molar-refractivity contribution < 1.29 is 9.59 Å². The summed E-state index contributed by atoms with van der Waals surface area (Å²) in [5.41, 5.74) is 1.90. The van der Waals surface area contributed by atoms with Gasteiger partial charge in [0.1, 0.15) is 4.83 Å². The third kappa shape index (κ3) is 4.25. The zero-order chi connectivity index (χ0) is 15.2. The minimum absolute atomic E-state index is 0.0349. The number of rotatable bonds is 5. The first kappa shape index (κ1) is 15.9. The zero-order valence-corrected chi connectivity index (χ0v) is 14.2. The Hall–Kier alpha value is -1.46. The van der Waals surface area contributed by atoms with Crippen molar-refractivity contribution in [2.45, 2.75) is 4.83 Å². The molecule has 2 aromatic rings. The topological polar surface area (TPSA) is 46.2 Å². The van der Waals surface area contributed by atoms with E-state index in [4.69, 9.17) is 0 Å². The summed E-state index contributed by atoms with van der Waals surface area (Å²) in [5.74, 6) is -0.165. The normalized spacial score (nSPS) is 11.7. The fraction of sp³-hybridized carbons (Fsp3) is 0.125. The predicted molar refractivity (Wildman–Crippen MR) is 91.5 cm³/mol. The van der Waals surface area contributed by atoms with Crippen LogP contribution in [0.4, 0.5) is 5.69 Å². The Labute approximate surface area is 140 Å². The van der Waals surface area contributed by atoms with Crippen LogP contribution in [0, 0.1) is 0 Å². The standard InChI is InChI=1S/C16H13Br2NO2/c17-10-14(18)16(21)19-13-8-6-12(7-9-13)15(20)11-4-2-1-3-5-11/h1-9,14H,10H2,(H,19,21). The van der Waals surface area contributed by atoms with E-state index in [0.29, 0.717) is 22.1 Å². The van der Waals surface area contributed by atoms with Gasteiger partial charge < -0.3 is 5.32 Å². The summed E-state index contributed by atoms with van der Waals surface area (Å²) in [6, 6.07) is 16.0. The molecule has 3 nitrogen and oxygen atoms in total. The van der Waals surface area contributed by atoms with Crippen LogP contribution in [-0.2, 0) is 4.79 Å². The number of nitrogens with one attached hydrogen (secondary N) is 1. The van der Waals surface area contributed by atoms with E-state index >= 15 is 0 Å². The lowest BCUT2D eigenvalue weighted by molar-refractivity contribution is -0.115. The van der Waals surface area contributed by atoms with Gasteiger partial charge in [-0.05, 0) is 24.3 Å². The second-order valence-electron chi connectivity index (χ2n) is 4.38. The van der Waals surface area contributed by atoms with Crippen molar-refractivity contribution in [1.29, 1.82) is 0 Å². The highest BCUT2D eigenvalue weighted by atomic mass is 79.9. The Morgan fingerprint density at radius 3 is 2.10 bits per heavy atom. The van der Waals surface area contributed by atoms with Gasteiger partial charge >= 0.3 is 0 Å². The quantitative estimate of drug-likeness (QED) is 0.597. The summed E-state index contributed by atoms with van der Waals surface area (Å²) in [7, 11) is 0. The van der Waals surface area contributed by atoms with Crippen LogP contribution >= 0.6 is 31.9 Å². The smallest absolute Gasteiger partial charge is 0.239 e. The molecule has 1 atom stereocenters. The van der Waals surface area contributed by atoms with Crippen molar-refractivity contribution >= 4 is 49.2 Å². The van der Waals surface area contributed by atoms with Gasteiger partial charge in [0.15, 0.2) is 5.78 Å². The number of amides is 1. The van der Waals surface area contributed by atoms with E-state index < -0.39 is 0 Å². The summed E-state index contributed by atoms with van der Waals surface area (Å²) < 4.78 is 0. The monoisotopic (exact) mass is 409 g/mol. The average molecular weight is 411 g/mol. The fourth-order valence-corrected chi connectivity index (χ4v) is 2.16. The number of anilines is 1. The van der Waals surface area contributed by atoms with Crippen LogP contribution in [-0.4, -0.2) is 21.8 Å². The van der Waals surface area contributed by atoms with Crippen molar-refractivity contribution in [3.63, 3.8) is 0 Å². The molecule has 0 aromatic heterocycles. The molecule has 2 aromatic carbocycles. The van der Waals surface area contributed by atoms with E-state index in [1.165, 1.54) is 0 Å². The summed E-state index contributed by atoms with van der Waals surface area (Å²) >= 11 is 6.49. The molecule has 0 aliphatic rings. The molecule has 0 bridgehead atoms. The van der Waals surface area contributed by atoms with Crippen LogP contribution in [0.1, 0.15) is 15.9 Å². The largest absolute Gasteiger partial charge is 0.325 e. The molecule has 0 saturated carbocycles. The van der Waals surface area contributed by atoms with E-state index in [1.807, 2.05) is 18.2 Å². The van der Waals surface area contributed by atoms with Crippen LogP contribution in [0.2, 0.25) is 0 Å². The summed E-state index contributed by atoms with van der Waals surface area (Å²) in [6.45, 7) is 0. The highest BCUT2D eigenvalue weighted by Gasteiger charge is 2.13. The molecule has 0 heterocycles. The SMILES string of the molecule is O=C(c1ccccc1)c1ccc(NC(=O)C(Br)CBr)cc1. The maximum Gasteiger partial charge on any atom is 0.239 e. The van der Waals surface area contributed by atoms with Gasteiger partial charge in [-0.1, -0.05) is 62.2 Å². The molecule has 5 heteroatoms. The van der Waals surface area contributed by atoms with E-state index in [0.717, 1.165) is 0 Å². The molecule has 1 amide bonds. The number of alkyl halides is 2. The van der Waals surface area contributed by atoms with Crippen molar-refractivity contribution in [1.82, 2.24) is 0 Å². The number of hydrogen-bond acceptors (Lipinski definition) is 2. The van der Waals surface area contributed by atoms with Gasteiger partial charge in [0, 0.05) is 22.1 Å². The molecule has 0 spiro atoms. The molecule has 0 aliphatic heterocycles. The number of benzene rings is 2. The molecule has 0 radical (unpaired) electrons. The maximum absolute atomic E-state index is 12.2. The molecule has 0 saturated heterocycles. The maximum atomic E-state index is 12.2. The van der Waals surface area contributed by atoms with Gasteiger partial charge in [-0.15, -0.1) is 0 Å². The van der Waals surface area contributed by atoms with E-state index in [1.54, 1.807) is 36.4 Å². The van der Waals surface area contributed by atoms with Crippen molar-refractivity contribution in [3.05, 3.63) is 65.7 Å². The highest BCUT2D eigenvalue weighted by Crippen LogP contribution is 2.15. The molecule has 108 valence electrons.